The first-order chi connectivity index (χ1) is 6.61. The molecule has 0 N–H and O–H groups in total. The van der Waals surface area contributed by atoms with E-state index in [1.54, 1.807) is 37.0 Å². The molecule has 14 heavy (non-hydrogen) atoms. The Labute approximate surface area is 92.8 Å². The summed E-state index contributed by atoms with van der Waals surface area (Å²) in [5.41, 5.74) is 0. The van der Waals surface area contributed by atoms with Gasteiger partial charge in [0.05, 0.1) is 0 Å². The van der Waals surface area contributed by atoms with Crippen LogP contribution < -0.4 is 0 Å². The summed E-state index contributed by atoms with van der Waals surface area (Å²) in [4.78, 5) is 0. The number of rotatable bonds is 7. The molecule has 0 unspecified atom stereocenters. The summed E-state index contributed by atoms with van der Waals surface area (Å²) in [5, 5.41) is 0. The minimum absolute atomic E-state index is 0.858. The molecule has 0 aliphatic heterocycles. The van der Waals surface area contributed by atoms with Gasteiger partial charge in [-0.3, -0.25) is 0 Å². The molecule has 0 spiro atoms. The third-order valence-corrected chi connectivity index (χ3v) is 28.7. The molecule has 0 fully saturated rings. The molecule has 0 saturated carbocycles. The third-order valence-electron chi connectivity index (χ3n) is 5.19. The fourth-order valence-electron chi connectivity index (χ4n) is 3.75. The van der Waals surface area contributed by atoms with Gasteiger partial charge in [-0.25, -0.2) is 0 Å². The first kappa shape index (κ1) is 14.9. The molecule has 0 saturated heterocycles. The summed E-state index contributed by atoms with van der Waals surface area (Å²) in [6, 6.07) is 0. The molecule has 0 aliphatic rings. The van der Waals surface area contributed by atoms with Crippen LogP contribution >= 0.6 is 13.9 Å². The quantitative estimate of drug-likeness (QED) is 0.572. The van der Waals surface area contributed by atoms with E-state index in [1.165, 1.54) is 0 Å². The zero-order valence-corrected chi connectivity index (χ0v) is 13.2. The molecule has 0 bridgehead atoms. The SMILES string of the molecule is CC[PH](CC)(CC)[PH](CC)(CC)CC. The summed E-state index contributed by atoms with van der Waals surface area (Å²) in [5.74, 6) is 0. The molecule has 0 aromatic carbocycles. The fraction of sp³-hybridized carbons (Fsp3) is 1.00. The number of hydrogen-bond donors (Lipinski definition) is 0. The second-order valence-electron chi connectivity index (χ2n) is 4.68. The van der Waals surface area contributed by atoms with Crippen LogP contribution in [0.5, 0.6) is 0 Å². The molecule has 0 nitrogen and oxygen atoms in total. The normalized spacial score (nSPS) is 15.6. The summed E-state index contributed by atoms with van der Waals surface area (Å²) in [6.07, 6.45) is 9.26. The van der Waals surface area contributed by atoms with Crippen LogP contribution in [-0.4, -0.2) is 37.0 Å². The molecule has 0 aromatic rings. The monoisotopic (exact) mass is 238 g/mol. The van der Waals surface area contributed by atoms with Crippen molar-refractivity contribution in [3.63, 3.8) is 0 Å². The minimum atomic E-state index is -0.858. The van der Waals surface area contributed by atoms with Crippen molar-refractivity contribution < 1.29 is 0 Å². The molecule has 0 atom stereocenters. The first-order valence-corrected chi connectivity index (χ1v) is 12.9. The van der Waals surface area contributed by atoms with E-state index in [9.17, 15) is 0 Å². The van der Waals surface area contributed by atoms with Crippen molar-refractivity contribution in [3.8, 4) is 0 Å². The van der Waals surface area contributed by atoms with Crippen LogP contribution in [0.3, 0.4) is 0 Å². The molecule has 0 heterocycles. The van der Waals surface area contributed by atoms with E-state index >= 15 is 0 Å². The Morgan fingerprint density at radius 1 is 0.429 bits per heavy atom. The molecular weight excluding hydrogens is 206 g/mol. The van der Waals surface area contributed by atoms with Gasteiger partial charge < -0.3 is 0 Å². The van der Waals surface area contributed by atoms with Gasteiger partial charge in [0.25, 0.3) is 0 Å². The maximum atomic E-state index is 2.47. The molecule has 2 heteroatoms. The maximum absolute atomic E-state index is 2.47. The van der Waals surface area contributed by atoms with Gasteiger partial charge in [0.2, 0.25) is 0 Å². The summed E-state index contributed by atoms with van der Waals surface area (Å²) >= 11 is 0. The zero-order chi connectivity index (χ0) is 11.2. The van der Waals surface area contributed by atoms with Crippen LogP contribution in [0.1, 0.15) is 41.5 Å². The average Bonchev–Trinajstić information content (AvgIpc) is 2.27. The predicted octanol–water partition coefficient (Wildman–Crippen LogP) is 4.52. The third kappa shape index (κ3) is 2.33. The van der Waals surface area contributed by atoms with Gasteiger partial charge in [-0.15, -0.1) is 0 Å². The van der Waals surface area contributed by atoms with Gasteiger partial charge >= 0.3 is 92.4 Å². The van der Waals surface area contributed by atoms with E-state index in [0.717, 1.165) is 0 Å². The Morgan fingerprint density at radius 2 is 0.571 bits per heavy atom. The van der Waals surface area contributed by atoms with Gasteiger partial charge in [0.1, 0.15) is 0 Å². The topological polar surface area (TPSA) is 0 Å². The Bertz CT molecular complexity index is 112. The van der Waals surface area contributed by atoms with E-state index in [4.69, 9.17) is 0 Å². The van der Waals surface area contributed by atoms with E-state index < -0.39 is 13.9 Å². The summed E-state index contributed by atoms with van der Waals surface area (Å²) < 4.78 is 0. The Morgan fingerprint density at radius 3 is 0.643 bits per heavy atom. The van der Waals surface area contributed by atoms with Crippen molar-refractivity contribution in [2.24, 2.45) is 0 Å². The summed E-state index contributed by atoms with van der Waals surface area (Å²) in [7, 11) is 0. The van der Waals surface area contributed by atoms with Crippen molar-refractivity contribution in [1.82, 2.24) is 0 Å². The van der Waals surface area contributed by atoms with Crippen LogP contribution in [-0.2, 0) is 0 Å². The Balaban J connectivity index is 5.08. The van der Waals surface area contributed by atoms with Gasteiger partial charge in [0.15, 0.2) is 0 Å². The van der Waals surface area contributed by atoms with Crippen molar-refractivity contribution in [2.75, 3.05) is 37.0 Å². The van der Waals surface area contributed by atoms with Crippen LogP contribution in [0.15, 0.2) is 0 Å². The van der Waals surface area contributed by atoms with E-state index in [2.05, 4.69) is 41.5 Å². The van der Waals surface area contributed by atoms with Crippen LogP contribution in [0.2, 0.25) is 0 Å². The summed E-state index contributed by atoms with van der Waals surface area (Å²) in [6.45, 7) is 13.1. The molecule has 0 aromatic heterocycles. The fourth-order valence-corrected chi connectivity index (χ4v) is 24.7. The zero-order valence-electron chi connectivity index (χ0n) is 11.2. The Kier molecular flexibility index (Phi) is 6.84. The molecule has 0 radical (unpaired) electrons. The van der Waals surface area contributed by atoms with Gasteiger partial charge in [-0.05, 0) is 0 Å². The van der Waals surface area contributed by atoms with Crippen LogP contribution in [0.4, 0.5) is 0 Å². The van der Waals surface area contributed by atoms with E-state index in [-0.39, 0.29) is 0 Å². The van der Waals surface area contributed by atoms with Gasteiger partial charge in [-0.2, -0.15) is 0 Å². The number of hydrogen-bond acceptors (Lipinski definition) is 0. The predicted molar refractivity (Wildman–Crippen MR) is 79.9 cm³/mol. The van der Waals surface area contributed by atoms with Gasteiger partial charge in [0, 0.05) is 0 Å². The first-order valence-electron chi connectivity index (χ1n) is 6.61. The van der Waals surface area contributed by atoms with Crippen molar-refractivity contribution in [3.05, 3.63) is 0 Å². The standard InChI is InChI=1S/C12H32P2/c1-7-13(8-2,9-3)14(10-4,11-5)12-6/h13-14H,7-12H2,1-6H3. The molecule has 90 valence electrons. The second kappa shape index (κ2) is 6.44. The van der Waals surface area contributed by atoms with E-state index in [0.29, 0.717) is 0 Å². The van der Waals surface area contributed by atoms with Crippen molar-refractivity contribution in [1.29, 1.82) is 0 Å². The molecule has 0 aliphatic carbocycles. The molecule has 0 amide bonds. The Hall–Kier alpha value is 0.860. The molecular formula is C12H32P2. The van der Waals surface area contributed by atoms with E-state index in [1.807, 2.05) is 0 Å². The second-order valence-corrected chi connectivity index (χ2v) is 20.4. The molecule has 0 rings (SSSR count). The van der Waals surface area contributed by atoms with Crippen LogP contribution in [0, 0.1) is 0 Å². The van der Waals surface area contributed by atoms with Crippen molar-refractivity contribution >= 4 is 13.9 Å². The van der Waals surface area contributed by atoms with Crippen LogP contribution in [0.25, 0.3) is 0 Å². The average molecular weight is 238 g/mol. The van der Waals surface area contributed by atoms with Gasteiger partial charge in [-0.1, -0.05) is 0 Å². The van der Waals surface area contributed by atoms with Crippen molar-refractivity contribution in [2.45, 2.75) is 41.5 Å².